The van der Waals surface area contributed by atoms with Crippen LogP contribution in [-0.2, 0) is 0 Å². The van der Waals surface area contributed by atoms with Gasteiger partial charge in [-0.1, -0.05) is 24.8 Å². The first-order chi connectivity index (χ1) is 7.96. The second-order valence-corrected chi connectivity index (χ2v) is 4.90. The summed E-state index contributed by atoms with van der Waals surface area (Å²) in [5, 5.41) is 3.43. The van der Waals surface area contributed by atoms with Gasteiger partial charge in [0.15, 0.2) is 0 Å². The zero-order valence-electron chi connectivity index (χ0n) is 10.8. The molecular formula is C15H20N2. The Morgan fingerprint density at radius 3 is 2.59 bits per heavy atom. The Bertz CT molecular complexity index is 436. The Balaban J connectivity index is 3.04. The van der Waals surface area contributed by atoms with Gasteiger partial charge in [-0.2, -0.15) is 0 Å². The van der Waals surface area contributed by atoms with Crippen molar-refractivity contribution in [2.75, 3.05) is 5.32 Å². The standard InChI is InChI=1S/C15H20N2/c1-6-8-14(16-5)12-9-7-10-13(11-12)17-15(2,3)4/h6-11,17H,1,5H2,2-4H3/b14-8-. The number of rotatable bonds is 4. The number of allylic oxidation sites excluding steroid dienone is 2. The van der Waals surface area contributed by atoms with Crippen molar-refractivity contribution in [3.05, 3.63) is 48.6 Å². The molecule has 0 atom stereocenters. The van der Waals surface area contributed by atoms with Crippen molar-refractivity contribution < 1.29 is 0 Å². The molecular weight excluding hydrogens is 208 g/mol. The molecule has 0 bridgehead atoms. The lowest BCUT2D eigenvalue weighted by Crippen LogP contribution is -2.25. The minimum Gasteiger partial charge on any atom is -0.380 e. The number of benzene rings is 1. The minimum absolute atomic E-state index is 0.0442. The van der Waals surface area contributed by atoms with Crippen molar-refractivity contribution in [3.63, 3.8) is 0 Å². The summed E-state index contributed by atoms with van der Waals surface area (Å²) in [6.45, 7) is 13.6. The van der Waals surface area contributed by atoms with Crippen LogP contribution < -0.4 is 5.32 Å². The van der Waals surface area contributed by atoms with Gasteiger partial charge in [0.2, 0.25) is 0 Å². The van der Waals surface area contributed by atoms with Gasteiger partial charge < -0.3 is 5.32 Å². The van der Waals surface area contributed by atoms with E-state index in [1.54, 1.807) is 6.08 Å². The van der Waals surface area contributed by atoms with E-state index in [0.717, 1.165) is 16.9 Å². The maximum atomic E-state index is 4.00. The fourth-order valence-electron chi connectivity index (χ4n) is 1.54. The number of aliphatic imine (C=N–C) groups is 1. The van der Waals surface area contributed by atoms with Gasteiger partial charge in [-0.25, -0.2) is 0 Å². The molecule has 0 aliphatic rings. The van der Waals surface area contributed by atoms with Crippen molar-refractivity contribution in [2.24, 2.45) is 4.99 Å². The molecule has 0 aromatic heterocycles. The number of anilines is 1. The first-order valence-corrected chi connectivity index (χ1v) is 5.64. The minimum atomic E-state index is 0.0442. The summed E-state index contributed by atoms with van der Waals surface area (Å²) in [6.07, 6.45) is 3.57. The molecule has 0 radical (unpaired) electrons. The number of hydrogen-bond acceptors (Lipinski definition) is 2. The second-order valence-electron chi connectivity index (χ2n) is 4.90. The molecule has 0 heterocycles. The summed E-state index contributed by atoms with van der Waals surface area (Å²) in [5.74, 6) is 0. The topological polar surface area (TPSA) is 24.4 Å². The van der Waals surface area contributed by atoms with Crippen LogP contribution in [0.2, 0.25) is 0 Å². The third-order valence-electron chi connectivity index (χ3n) is 2.12. The van der Waals surface area contributed by atoms with Crippen LogP contribution in [0.4, 0.5) is 5.69 Å². The normalized spacial score (nSPS) is 12.1. The summed E-state index contributed by atoms with van der Waals surface area (Å²) in [5.41, 5.74) is 2.99. The Morgan fingerprint density at radius 2 is 2.06 bits per heavy atom. The molecule has 2 nitrogen and oxygen atoms in total. The predicted molar refractivity (Wildman–Crippen MR) is 77.5 cm³/mol. The summed E-state index contributed by atoms with van der Waals surface area (Å²) < 4.78 is 0. The molecule has 2 heteroatoms. The van der Waals surface area contributed by atoms with Crippen LogP contribution in [0, 0.1) is 0 Å². The van der Waals surface area contributed by atoms with E-state index in [1.165, 1.54) is 0 Å². The SMILES string of the molecule is C=C/C=C(\N=C)c1cccc(NC(C)(C)C)c1. The molecule has 90 valence electrons. The van der Waals surface area contributed by atoms with Gasteiger partial charge in [0.25, 0.3) is 0 Å². The smallest absolute Gasteiger partial charge is 0.0695 e. The van der Waals surface area contributed by atoms with Crippen LogP contribution >= 0.6 is 0 Å². The van der Waals surface area contributed by atoms with Gasteiger partial charge in [0, 0.05) is 16.8 Å². The lowest BCUT2D eigenvalue weighted by atomic mass is 10.1. The van der Waals surface area contributed by atoms with E-state index in [1.807, 2.05) is 24.3 Å². The molecule has 0 aliphatic heterocycles. The third-order valence-corrected chi connectivity index (χ3v) is 2.12. The summed E-state index contributed by atoms with van der Waals surface area (Å²) in [4.78, 5) is 4.00. The third kappa shape index (κ3) is 4.27. The van der Waals surface area contributed by atoms with E-state index in [0.29, 0.717) is 0 Å². The van der Waals surface area contributed by atoms with Crippen LogP contribution in [0.15, 0.2) is 48.0 Å². The quantitative estimate of drug-likeness (QED) is 0.608. The van der Waals surface area contributed by atoms with Crippen LogP contribution in [-0.4, -0.2) is 12.3 Å². The maximum absolute atomic E-state index is 4.00. The molecule has 0 saturated heterocycles. The molecule has 1 rings (SSSR count). The largest absolute Gasteiger partial charge is 0.380 e. The lowest BCUT2D eigenvalue weighted by Gasteiger charge is -2.22. The first kappa shape index (κ1) is 13.2. The summed E-state index contributed by atoms with van der Waals surface area (Å²) >= 11 is 0. The van der Waals surface area contributed by atoms with Crippen molar-refractivity contribution in [1.29, 1.82) is 0 Å². The molecule has 0 unspecified atom stereocenters. The highest BCUT2D eigenvalue weighted by atomic mass is 14.9. The van der Waals surface area contributed by atoms with Crippen LogP contribution in [0.3, 0.4) is 0 Å². The molecule has 0 saturated carbocycles. The molecule has 1 aromatic rings. The highest BCUT2D eigenvalue weighted by Crippen LogP contribution is 2.21. The van der Waals surface area contributed by atoms with Gasteiger partial charge in [-0.15, -0.1) is 0 Å². The van der Waals surface area contributed by atoms with Gasteiger partial charge in [-0.3, -0.25) is 4.99 Å². The van der Waals surface area contributed by atoms with E-state index in [-0.39, 0.29) is 5.54 Å². The summed E-state index contributed by atoms with van der Waals surface area (Å²) in [7, 11) is 0. The Hall–Kier alpha value is -1.83. The van der Waals surface area contributed by atoms with Crippen molar-refractivity contribution in [2.45, 2.75) is 26.3 Å². The Morgan fingerprint density at radius 1 is 1.35 bits per heavy atom. The Kier molecular flexibility index (Phi) is 4.27. The van der Waals surface area contributed by atoms with E-state index < -0.39 is 0 Å². The number of nitrogens with zero attached hydrogens (tertiary/aromatic N) is 1. The summed E-state index contributed by atoms with van der Waals surface area (Å²) in [6, 6.07) is 8.13. The molecule has 1 aromatic carbocycles. The maximum Gasteiger partial charge on any atom is 0.0695 e. The van der Waals surface area contributed by atoms with Crippen molar-refractivity contribution in [3.8, 4) is 0 Å². The monoisotopic (exact) mass is 228 g/mol. The van der Waals surface area contributed by atoms with Gasteiger partial charge in [0.05, 0.1) is 5.70 Å². The highest BCUT2D eigenvalue weighted by molar-refractivity contribution is 5.71. The van der Waals surface area contributed by atoms with Crippen molar-refractivity contribution >= 4 is 18.1 Å². The van der Waals surface area contributed by atoms with E-state index in [4.69, 9.17) is 0 Å². The zero-order chi connectivity index (χ0) is 12.9. The first-order valence-electron chi connectivity index (χ1n) is 5.64. The van der Waals surface area contributed by atoms with E-state index in [9.17, 15) is 0 Å². The van der Waals surface area contributed by atoms with E-state index in [2.05, 4.69) is 50.4 Å². The predicted octanol–water partition coefficient (Wildman–Crippen LogP) is 4.12. The average molecular weight is 228 g/mol. The molecule has 0 aliphatic carbocycles. The zero-order valence-corrected chi connectivity index (χ0v) is 10.8. The fourth-order valence-corrected chi connectivity index (χ4v) is 1.54. The molecule has 0 spiro atoms. The average Bonchev–Trinajstić information content (AvgIpc) is 2.24. The van der Waals surface area contributed by atoms with Gasteiger partial charge >= 0.3 is 0 Å². The lowest BCUT2D eigenvalue weighted by molar-refractivity contribution is 0.634. The Labute approximate surface area is 104 Å². The number of hydrogen-bond donors (Lipinski definition) is 1. The molecule has 17 heavy (non-hydrogen) atoms. The van der Waals surface area contributed by atoms with Crippen LogP contribution in [0.25, 0.3) is 5.70 Å². The van der Waals surface area contributed by atoms with Crippen molar-refractivity contribution in [1.82, 2.24) is 0 Å². The fraction of sp³-hybridized carbons (Fsp3) is 0.267. The second kappa shape index (κ2) is 5.48. The van der Waals surface area contributed by atoms with Crippen LogP contribution in [0.1, 0.15) is 26.3 Å². The molecule has 1 N–H and O–H groups in total. The number of nitrogens with one attached hydrogen (secondary N) is 1. The van der Waals surface area contributed by atoms with Gasteiger partial charge in [0.1, 0.15) is 0 Å². The highest BCUT2D eigenvalue weighted by Gasteiger charge is 2.09. The van der Waals surface area contributed by atoms with E-state index >= 15 is 0 Å². The van der Waals surface area contributed by atoms with Gasteiger partial charge in [-0.05, 0) is 45.7 Å². The molecule has 0 fully saturated rings. The molecule has 0 amide bonds. The van der Waals surface area contributed by atoms with Crippen LogP contribution in [0.5, 0.6) is 0 Å².